The summed E-state index contributed by atoms with van der Waals surface area (Å²) in [5.41, 5.74) is -2.45. The number of anilines is 2. The molecule has 0 radical (unpaired) electrons. The van der Waals surface area contributed by atoms with Crippen LogP contribution in [0.25, 0.3) is 0 Å². The lowest BCUT2D eigenvalue weighted by Gasteiger charge is -2.24. The summed E-state index contributed by atoms with van der Waals surface area (Å²) in [7, 11) is 0. The number of urea groups is 1. The van der Waals surface area contributed by atoms with Gasteiger partial charge in [0.25, 0.3) is 12.3 Å². The molecule has 7 nitrogen and oxygen atoms in total. The average molecular weight is 545 g/mol. The van der Waals surface area contributed by atoms with Crippen molar-refractivity contribution < 1.29 is 32.3 Å². The van der Waals surface area contributed by atoms with Crippen LogP contribution in [0.1, 0.15) is 38.7 Å². The smallest absolute Gasteiger partial charge is 0.326 e. The number of amides is 3. The summed E-state index contributed by atoms with van der Waals surface area (Å²) in [6, 6.07) is 9.28. The summed E-state index contributed by atoms with van der Waals surface area (Å²) in [4.78, 5) is 27.1. The molecule has 0 spiro atoms. The second-order valence-electron chi connectivity index (χ2n) is 8.91. The van der Waals surface area contributed by atoms with E-state index >= 15 is 0 Å². The number of β-amino-alcohol motifs (C(OH)–C–C–N with tert-alkyl or cyclic N) is 1. The number of nitriles is 1. The number of halogens is 5. The number of aliphatic hydroxyl groups is 1. The van der Waals surface area contributed by atoms with Gasteiger partial charge in [-0.25, -0.2) is 22.4 Å². The standard InChI is InChI=1S/C26H17ClF4N4O3/c27-18-3-1-13(28)9-15(18)22-21-16(23(36)34-22)7-12(5-6-32)8-19(21)33-25(37)35-11-26(38,24(30)31)17-10-14(29)2-4-20(17)35/h1-4,7-10,22,24,38H,5,11H2,(H,33,37)(H,34,36)/t22-,26-/m0/s1. The van der Waals surface area contributed by atoms with Crippen molar-refractivity contribution in [2.24, 2.45) is 0 Å². The van der Waals surface area contributed by atoms with Gasteiger partial charge in [0.2, 0.25) is 0 Å². The van der Waals surface area contributed by atoms with E-state index in [0.717, 1.165) is 35.2 Å². The highest BCUT2D eigenvalue weighted by atomic mass is 35.5. The third-order valence-electron chi connectivity index (χ3n) is 6.56. The van der Waals surface area contributed by atoms with Gasteiger partial charge in [-0.1, -0.05) is 11.6 Å². The molecule has 3 aromatic rings. The monoisotopic (exact) mass is 544 g/mol. The van der Waals surface area contributed by atoms with Crippen LogP contribution in [0.15, 0.2) is 48.5 Å². The van der Waals surface area contributed by atoms with Crippen molar-refractivity contribution in [2.45, 2.75) is 24.5 Å². The molecule has 0 aliphatic carbocycles. The van der Waals surface area contributed by atoms with Crippen LogP contribution in [-0.2, 0) is 12.0 Å². The Labute approximate surface area is 218 Å². The Balaban J connectivity index is 1.59. The Hall–Kier alpha value is -4.14. The fourth-order valence-corrected chi connectivity index (χ4v) is 5.04. The number of nitrogens with zero attached hydrogens (tertiary/aromatic N) is 2. The lowest BCUT2D eigenvalue weighted by molar-refractivity contribution is -0.0892. The Kier molecular flexibility index (Phi) is 6.25. The molecular weight excluding hydrogens is 528 g/mol. The zero-order valence-electron chi connectivity index (χ0n) is 19.2. The fraction of sp³-hybridized carbons (Fsp3) is 0.192. The van der Waals surface area contributed by atoms with E-state index in [9.17, 15) is 37.5 Å². The van der Waals surface area contributed by atoms with Gasteiger partial charge in [0.05, 0.1) is 30.8 Å². The molecule has 2 heterocycles. The van der Waals surface area contributed by atoms with E-state index in [-0.39, 0.29) is 39.5 Å². The van der Waals surface area contributed by atoms with E-state index in [1.807, 2.05) is 6.07 Å². The topological polar surface area (TPSA) is 105 Å². The van der Waals surface area contributed by atoms with E-state index in [4.69, 9.17) is 11.6 Å². The van der Waals surface area contributed by atoms with E-state index in [0.29, 0.717) is 5.56 Å². The molecule has 3 aromatic carbocycles. The van der Waals surface area contributed by atoms with Crippen molar-refractivity contribution in [3.63, 3.8) is 0 Å². The van der Waals surface area contributed by atoms with E-state index in [1.165, 1.54) is 18.2 Å². The SMILES string of the molecule is N#CCc1cc(NC(=O)N2C[C@@](O)(C(F)F)c3cc(F)ccc32)c2c(c1)C(=O)N[C@H]2c1cc(F)ccc1Cl. The predicted molar refractivity (Wildman–Crippen MR) is 129 cm³/mol. The molecule has 0 fully saturated rings. The number of fused-ring (bicyclic) bond motifs is 2. The fourth-order valence-electron chi connectivity index (χ4n) is 4.81. The molecule has 0 bridgehead atoms. The van der Waals surface area contributed by atoms with Crippen molar-refractivity contribution >= 4 is 34.9 Å². The Morgan fingerprint density at radius 1 is 1.21 bits per heavy atom. The van der Waals surface area contributed by atoms with Crippen LogP contribution >= 0.6 is 11.6 Å². The lowest BCUT2D eigenvalue weighted by atomic mass is 9.94. The highest BCUT2D eigenvalue weighted by molar-refractivity contribution is 6.31. The number of carbonyl (C=O) groups excluding carboxylic acids is 2. The predicted octanol–water partition coefficient (Wildman–Crippen LogP) is 5.02. The van der Waals surface area contributed by atoms with Crippen LogP contribution in [0.2, 0.25) is 5.02 Å². The maximum Gasteiger partial charge on any atom is 0.326 e. The molecule has 12 heteroatoms. The van der Waals surface area contributed by atoms with Crippen LogP contribution in [-0.4, -0.2) is 30.0 Å². The summed E-state index contributed by atoms with van der Waals surface area (Å²) in [5, 5.41) is 25.2. The maximum atomic E-state index is 14.1. The zero-order chi connectivity index (χ0) is 27.4. The number of hydrogen-bond acceptors (Lipinski definition) is 4. The molecule has 3 amide bonds. The molecule has 2 aliphatic heterocycles. The second kappa shape index (κ2) is 9.31. The van der Waals surface area contributed by atoms with Crippen LogP contribution in [0, 0.1) is 23.0 Å². The first-order chi connectivity index (χ1) is 18.0. The average Bonchev–Trinajstić information content (AvgIpc) is 3.36. The minimum absolute atomic E-state index is 0.0394. The van der Waals surface area contributed by atoms with E-state index in [1.54, 1.807) is 0 Å². The maximum absolute atomic E-state index is 14.1. The third kappa shape index (κ3) is 4.12. The van der Waals surface area contributed by atoms with Crippen molar-refractivity contribution in [1.29, 1.82) is 5.26 Å². The quantitative estimate of drug-likeness (QED) is 0.401. The van der Waals surface area contributed by atoms with Gasteiger partial charge in [0, 0.05) is 33.0 Å². The van der Waals surface area contributed by atoms with E-state index < -0.39 is 53.7 Å². The minimum atomic E-state index is -3.33. The molecule has 38 heavy (non-hydrogen) atoms. The molecule has 3 N–H and O–H groups in total. The van der Waals surface area contributed by atoms with Crippen LogP contribution in [0.3, 0.4) is 0 Å². The Morgan fingerprint density at radius 3 is 2.63 bits per heavy atom. The van der Waals surface area contributed by atoms with Crippen molar-refractivity contribution in [3.8, 4) is 6.07 Å². The van der Waals surface area contributed by atoms with Gasteiger partial charge < -0.3 is 15.7 Å². The van der Waals surface area contributed by atoms with Gasteiger partial charge in [-0.3, -0.25) is 9.69 Å². The Bertz CT molecular complexity index is 1540. The molecule has 2 atom stereocenters. The normalized spacial score (nSPS) is 19.7. The van der Waals surface area contributed by atoms with Crippen molar-refractivity contribution in [1.82, 2.24) is 5.32 Å². The highest BCUT2D eigenvalue weighted by Crippen LogP contribution is 2.44. The molecule has 0 saturated carbocycles. The first-order valence-electron chi connectivity index (χ1n) is 11.2. The van der Waals surface area contributed by atoms with Gasteiger partial charge >= 0.3 is 6.03 Å². The lowest BCUT2D eigenvalue weighted by Crippen LogP contribution is -2.43. The number of benzene rings is 3. The molecule has 0 aromatic heterocycles. The van der Waals surface area contributed by atoms with E-state index in [2.05, 4.69) is 10.6 Å². The summed E-state index contributed by atoms with van der Waals surface area (Å²) in [5.74, 6) is -2.05. The number of rotatable bonds is 4. The molecule has 2 aliphatic rings. The van der Waals surface area contributed by atoms with Gasteiger partial charge in [-0.05, 0) is 54.1 Å². The second-order valence-corrected chi connectivity index (χ2v) is 9.32. The first-order valence-corrected chi connectivity index (χ1v) is 11.6. The summed E-state index contributed by atoms with van der Waals surface area (Å²) in [6.45, 7) is -0.869. The number of alkyl halides is 2. The molecular formula is C26H17ClF4N4O3. The van der Waals surface area contributed by atoms with Gasteiger partial charge in [0.1, 0.15) is 11.6 Å². The van der Waals surface area contributed by atoms with Crippen LogP contribution < -0.4 is 15.5 Å². The van der Waals surface area contributed by atoms with Crippen molar-refractivity contribution in [3.05, 3.63) is 93.0 Å². The van der Waals surface area contributed by atoms with Crippen LogP contribution in [0.4, 0.5) is 33.7 Å². The number of nitrogens with one attached hydrogen (secondary N) is 2. The van der Waals surface area contributed by atoms with Gasteiger partial charge in [-0.15, -0.1) is 0 Å². The molecule has 5 rings (SSSR count). The minimum Gasteiger partial charge on any atom is -0.377 e. The summed E-state index contributed by atoms with van der Waals surface area (Å²) >= 11 is 6.28. The number of carbonyl (C=O) groups is 2. The Morgan fingerprint density at radius 2 is 1.92 bits per heavy atom. The molecule has 0 saturated heterocycles. The summed E-state index contributed by atoms with van der Waals surface area (Å²) < 4.78 is 55.5. The van der Waals surface area contributed by atoms with Crippen molar-refractivity contribution in [2.75, 3.05) is 16.8 Å². The first kappa shape index (κ1) is 25.5. The zero-order valence-corrected chi connectivity index (χ0v) is 20.0. The van der Waals surface area contributed by atoms with Gasteiger partial charge in [-0.2, -0.15) is 5.26 Å². The molecule has 0 unspecified atom stereocenters. The van der Waals surface area contributed by atoms with Gasteiger partial charge in [0.15, 0.2) is 5.60 Å². The third-order valence-corrected chi connectivity index (χ3v) is 6.91. The summed E-state index contributed by atoms with van der Waals surface area (Å²) in [6.07, 6.45) is -3.45. The van der Waals surface area contributed by atoms with Crippen LogP contribution in [0.5, 0.6) is 0 Å². The number of hydrogen-bond donors (Lipinski definition) is 3. The largest absolute Gasteiger partial charge is 0.377 e. The highest BCUT2D eigenvalue weighted by Gasteiger charge is 2.50. The molecule has 194 valence electrons.